The number of halogens is 4. The van der Waals surface area contributed by atoms with Gasteiger partial charge in [-0.15, -0.1) is 11.3 Å². The number of alkyl halides is 3. The largest absolute Gasteiger partial charge is 0.411 e. The average molecular weight is 346 g/mol. The first kappa shape index (κ1) is 15.9. The molecule has 0 amide bonds. The van der Waals surface area contributed by atoms with Crippen molar-refractivity contribution in [1.82, 2.24) is 5.32 Å². The van der Waals surface area contributed by atoms with Crippen LogP contribution in [-0.2, 0) is 11.2 Å². The lowest BCUT2D eigenvalue weighted by atomic mass is 10.1. The van der Waals surface area contributed by atoms with E-state index in [-0.39, 0.29) is 12.6 Å². The molecule has 1 aromatic rings. The quantitative estimate of drug-likeness (QED) is 0.762. The van der Waals surface area contributed by atoms with Gasteiger partial charge in [0.05, 0.1) is 0 Å². The molecule has 1 unspecified atom stereocenters. The number of thiophene rings is 1. The van der Waals surface area contributed by atoms with Gasteiger partial charge < -0.3 is 10.1 Å². The molecular formula is C11H15BrF3NOS. The summed E-state index contributed by atoms with van der Waals surface area (Å²) in [6.07, 6.45) is -2.91. The van der Waals surface area contributed by atoms with Crippen LogP contribution in [-0.4, -0.2) is 32.5 Å². The van der Waals surface area contributed by atoms with Crippen molar-refractivity contribution in [1.29, 1.82) is 0 Å². The van der Waals surface area contributed by atoms with Gasteiger partial charge in [0.2, 0.25) is 0 Å². The van der Waals surface area contributed by atoms with Gasteiger partial charge >= 0.3 is 6.18 Å². The molecule has 1 heterocycles. The Morgan fingerprint density at radius 2 is 2.22 bits per heavy atom. The molecule has 18 heavy (non-hydrogen) atoms. The van der Waals surface area contributed by atoms with Gasteiger partial charge in [-0.3, -0.25) is 0 Å². The Bertz CT molecular complexity index is 356. The van der Waals surface area contributed by atoms with Crippen molar-refractivity contribution in [2.24, 2.45) is 0 Å². The fourth-order valence-corrected chi connectivity index (χ4v) is 3.05. The summed E-state index contributed by atoms with van der Waals surface area (Å²) in [5.74, 6) is 0. The number of ether oxygens (including phenoxy) is 1. The van der Waals surface area contributed by atoms with Crippen LogP contribution in [0, 0.1) is 0 Å². The average Bonchev–Trinajstić information content (AvgIpc) is 2.67. The van der Waals surface area contributed by atoms with E-state index in [2.05, 4.69) is 26.0 Å². The highest BCUT2D eigenvalue weighted by Gasteiger charge is 2.27. The molecule has 1 atom stereocenters. The molecule has 0 aliphatic heterocycles. The molecular weight excluding hydrogens is 331 g/mol. The molecule has 0 saturated heterocycles. The monoisotopic (exact) mass is 345 g/mol. The molecule has 0 aromatic carbocycles. The van der Waals surface area contributed by atoms with Gasteiger partial charge in [0, 0.05) is 22.0 Å². The fraction of sp³-hybridized carbons (Fsp3) is 0.636. The van der Waals surface area contributed by atoms with Crippen molar-refractivity contribution >= 4 is 27.3 Å². The molecule has 0 bridgehead atoms. The summed E-state index contributed by atoms with van der Waals surface area (Å²) in [6, 6.07) is 2.08. The number of hydrogen-bond donors (Lipinski definition) is 1. The minimum absolute atomic E-state index is 0.105. The Balaban J connectivity index is 2.28. The summed E-state index contributed by atoms with van der Waals surface area (Å²) in [7, 11) is 1.80. The third-order valence-corrected chi connectivity index (χ3v) is 4.36. The Morgan fingerprint density at radius 3 is 2.72 bits per heavy atom. The van der Waals surface area contributed by atoms with Crippen LogP contribution in [0.15, 0.2) is 15.9 Å². The van der Waals surface area contributed by atoms with Crippen LogP contribution < -0.4 is 5.32 Å². The first-order valence-corrected chi connectivity index (χ1v) is 7.13. The number of rotatable bonds is 7. The molecule has 104 valence electrons. The van der Waals surface area contributed by atoms with Crippen LogP contribution in [0.4, 0.5) is 13.2 Å². The van der Waals surface area contributed by atoms with E-state index >= 15 is 0 Å². The summed E-state index contributed by atoms with van der Waals surface area (Å²) in [6.45, 7) is -1.07. The highest BCUT2D eigenvalue weighted by molar-refractivity contribution is 9.10. The molecule has 0 radical (unpaired) electrons. The van der Waals surface area contributed by atoms with Crippen LogP contribution in [0.25, 0.3) is 0 Å². The lowest BCUT2D eigenvalue weighted by molar-refractivity contribution is -0.174. The molecule has 0 fully saturated rings. The van der Waals surface area contributed by atoms with Crippen LogP contribution in [0.3, 0.4) is 0 Å². The third kappa shape index (κ3) is 6.17. The highest BCUT2D eigenvalue weighted by Crippen LogP contribution is 2.24. The first-order chi connectivity index (χ1) is 8.42. The number of likely N-dealkylation sites (N-methyl/N-ethyl adjacent to an activating group) is 1. The summed E-state index contributed by atoms with van der Waals surface area (Å²) >= 11 is 5.06. The summed E-state index contributed by atoms with van der Waals surface area (Å²) in [5.41, 5.74) is 0. The Hall–Kier alpha value is -0.110. The second kappa shape index (κ2) is 7.47. The molecule has 1 aromatic heterocycles. The maximum absolute atomic E-state index is 11.9. The van der Waals surface area contributed by atoms with E-state index in [4.69, 9.17) is 0 Å². The van der Waals surface area contributed by atoms with Crippen LogP contribution in [0.5, 0.6) is 0 Å². The van der Waals surface area contributed by atoms with E-state index in [0.29, 0.717) is 6.42 Å². The molecule has 0 saturated carbocycles. The SMILES string of the molecule is CNC(CCOCC(F)(F)F)Cc1sccc1Br. The van der Waals surface area contributed by atoms with E-state index in [1.807, 2.05) is 11.4 Å². The molecule has 7 heteroatoms. The lowest BCUT2D eigenvalue weighted by Gasteiger charge is -2.16. The minimum atomic E-state index is -4.24. The van der Waals surface area contributed by atoms with Gasteiger partial charge in [0.25, 0.3) is 0 Å². The van der Waals surface area contributed by atoms with Crippen molar-refractivity contribution in [3.8, 4) is 0 Å². The highest BCUT2D eigenvalue weighted by atomic mass is 79.9. The molecule has 0 aliphatic rings. The van der Waals surface area contributed by atoms with Gasteiger partial charge in [-0.1, -0.05) is 0 Å². The van der Waals surface area contributed by atoms with E-state index < -0.39 is 12.8 Å². The zero-order valence-electron chi connectivity index (χ0n) is 9.89. The standard InChI is InChI=1S/C11H15BrF3NOS/c1-16-8(2-4-17-7-11(13,14)15)6-10-9(12)3-5-18-10/h3,5,8,16H,2,4,6-7H2,1H3. The normalized spacial score (nSPS) is 13.8. The van der Waals surface area contributed by atoms with Crippen molar-refractivity contribution < 1.29 is 17.9 Å². The number of nitrogens with one attached hydrogen (secondary N) is 1. The summed E-state index contributed by atoms with van der Waals surface area (Å²) in [4.78, 5) is 1.19. The van der Waals surface area contributed by atoms with Crippen LogP contribution in [0.2, 0.25) is 0 Å². The first-order valence-electron chi connectivity index (χ1n) is 5.46. The van der Waals surface area contributed by atoms with E-state index in [1.165, 1.54) is 4.88 Å². The van der Waals surface area contributed by atoms with Gasteiger partial charge in [0.15, 0.2) is 0 Å². The van der Waals surface area contributed by atoms with Crippen molar-refractivity contribution in [2.75, 3.05) is 20.3 Å². The number of hydrogen-bond acceptors (Lipinski definition) is 3. The van der Waals surface area contributed by atoms with Gasteiger partial charge in [-0.05, 0) is 47.3 Å². The predicted octanol–water partition coefficient (Wildman–Crippen LogP) is 3.61. The third-order valence-electron chi connectivity index (χ3n) is 2.41. The summed E-state index contributed by atoms with van der Waals surface area (Å²) in [5, 5.41) is 5.07. The van der Waals surface area contributed by atoms with Crippen LogP contribution >= 0.6 is 27.3 Å². The fourth-order valence-electron chi connectivity index (χ4n) is 1.46. The van der Waals surface area contributed by atoms with Crippen LogP contribution in [0.1, 0.15) is 11.3 Å². The van der Waals surface area contributed by atoms with Gasteiger partial charge in [-0.25, -0.2) is 0 Å². The maximum atomic E-state index is 11.9. The second-order valence-corrected chi connectivity index (χ2v) is 5.69. The predicted molar refractivity (Wildman–Crippen MR) is 70.1 cm³/mol. The van der Waals surface area contributed by atoms with E-state index in [1.54, 1.807) is 18.4 Å². The maximum Gasteiger partial charge on any atom is 0.411 e. The Labute approximate surface area is 117 Å². The molecule has 2 nitrogen and oxygen atoms in total. The Morgan fingerprint density at radius 1 is 1.50 bits per heavy atom. The summed E-state index contributed by atoms with van der Waals surface area (Å²) < 4.78 is 41.3. The molecule has 1 N–H and O–H groups in total. The Kier molecular flexibility index (Phi) is 6.62. The molecule has 1 rings (SSSR count). The zero-order chi connectivity index (χ0) is 13.6. The topological polar surface area (TPSA) is 21.3 Å². The lowest BCUT2D eigenvalue weighted by Crippen LogP contribution is -2.29. The van der Waals surface area contributed by atoms with Gasteiger partial charge in [-0.2, -0.15) is 13.2 Å². The van der Waals surface area contributed by atoms with Crippen molar-refractivity contribution in [2.45, 2.75) is 25.1 Å². The molecule has 0 spiro atoms. The zero-order valence-corrected chi connectivity index (χ0v) is 12.3. The molecule has 0 aliphatic carbocycles. The van der Waals surface area contributed by atoms with E-state index in [0.717, 1.165) is 10.9 Å². The van der Waals surface area contributed by atoms with Crippen molar-refractivity contribution in [3.05, 3.63) is 20.8 Å². The second-order valence-electron chi connectivity index (χ2n) is 3.84. The van der Waals surface area contributed by atoms with E-state index in [9.17, 15) is 13.2 Å². The van der Waals surface area contributed by atoms with Gasteiger partial charge in [0.1, 0.15) is 6.61 Å². The van der Waals surface area contributed by atoms with Crippen molar-refractivity contribution in [3.63, 3.8) is 0 Å². The smallest absolute Gasteiger partial charge is 0.372 e. The minimum Gasteiger partial charge on any atom is -0.372 e.